The summed E-state index contributed by atoms with van der Waals surface area (Å²) < 4.78 is 42.7. The summed E-state index contributed by atoms with van der Waals surface area (Å²) in [6.45, 7) is -0.282. The number of para-hydroxylation sites is 1. The lowest BCUT2D eigenvalue weighted by molar-refractivity contribution is -0.142. The van der Waals surface area contributed by atoms with E-state index in [1.165, 1.54) is 9.58 Å². The number of carbonyl (C=O) groups excluding carboxylic acids is 2. The molecular formula is C27H27BrF3N3O2. The fraction of sp³-hybridized carbons (Fsp3) is 0.370. The summed E-state index contributed by atoms with van der Waals surface area (Å²) >= 11 is 3.44. The second kappa shape index (κ2) is 11.0. The van der Waals surface area contributed by atoms with Crippen LogP contribution in [0.5, 0.6) is 0 Å². The van der Waals surface area contributed by atoms with Gasteiger partial charge in [0.25, 0.3) is 0 Å². The molecule has 1 aliphatic rings. The van der Waals surface area contributed by atoms with E-state index >= 15 is 0 Å². The van der Waals surface area contributed by atoms with Crippen LogP contribution in [0, 0.1) is 5.92 Å². The van der Waals surface area contributed by atoms with Crippen LogP contribution in [0.2, 0.25) is 0 Å². The molecule has 0 unspecified atom stereocenters. The van der Waals surface area contributed by atoms with Gasteiger partial charge in [-0.05, 0) is 61.9 Å². The first kappa shape index (κ1) is 26.1. The number of alkyl halides is 3. The second-order valence-electron chi connectivity index (χ2n) is 9.14. The average molecular weight is 562 g/mol. The number of carbonyl (C=O) groups is 2. The number of rotatable bonds is 8. The van der Waals surface area contributed by atoms with Gasteiger partial charge in [-0.3, -0.25) is 14.3 Å². The Labute approximate surface area is 216 Å². The van der Waals surface area contributed by atoms with Crippen LogP contribution in [0.3, 0.4) is 0 Å². The van der Waals surface area contributed by atoms with E-state index in [2.05, 4.69) is 21.0 Å². The lowest BCUT2D eigenvalue weighted by Gasteiger charge is -2.24. The quantitative estimate of drug-likeness (QED) is 0.337. The molecule has 0 spiro atoms. The molecule has 1 heterocycles. The number of anilines is 1. The Morgan fingerprint density at radius 1 is 1.08 bits per heavy atom. The van der Waals surface area contributed by atoms with Gasteiger partial charge in [0.15, 0.2) is 11.5 Å². The molecule has 1 atom stereocenters. The number of fused-ring (bicyclic) bond motifs is 1. The Kier molecular flexibility index (Phi) is 7.97. The maximum atomic E-state index is 13.6. The molecule has 0 fully saturated rings. The first-order valence-corrected chi connectivity index (χ1v) is 12.7. The van der Waals surface area contributed by atoms with Crippen molar-refractivity contribution in [2.45, 2.75) is 51.2 Å². The number of Topliss-reactive ketones (excluding diaryl/α,β-unsaturated/α-hetero) is 1. The smallest absolute Gasteiger partial charge is 0.315 e. The van der Waals surface area contributed by atoms with Gasteiger partial charge in [0, 0.05) is 40.8 Å². The molecule has 0 radical (unpaired) electrons. The van der Waals surface area contributed by atoms with Gasteiger partial charge < -0.3 is 4.90 Å². The van der Waals surface area contributed by atoms with E-state index in [0.29, 0.717) is 37.1 Å². The molecule has 5 nitrogen and oxygen atoms in total. The maximum absolute atomic E-state index is 13.6. The van der Waals surface area contributed by atoms with E-state index < -0.39 is 17.8 Å². The minimum Gasteiger partial charge on any atom is -0.315 e. The van der Waals surface area contributed by atoms with Gasteiger partial charge in [-0.25, -0.2) is 0 Å². The number of aromatic nitrogens is 2. The van der Waals surface area contributed by atoms with Crippen LogP contribution in [0.15, 0.2) is 59.1 Å². The van der Waals surface area contributed by atoms with Crippen molar-refractivity contribution in [2.24, 2.45) is 5.92 Å². The van der Waals surface area contributed by atoms with Gasteiger partial charge in [0.1, 0.15) is 0 Å². The topological polar surface area (TPSA) is 55.2 Å². The van der Waals surface area contributed by atoms with Gasteiger partial charge in [0.2, 0.25) is 5.91 Å². The molecule has 4 rings (SSSR count). The monoisotopic (exact) mass is 561 g/mol. The number of amides is 1. The number of hydrogen-bond donors (Lipinski definition) is 0. The third kappa shape index (κ3) is 6.06. The molecule has 1 amide bonds. The summed E-state index contributed by atoms with van der Waals surface area (Å²) in [5.74, 6) is -1.23. The zero-order valence-corrected chi connectivity index (χ0v) is 21.5. The highest BCUT2D eigenvalue weighted by Gasteiger charge is 2.39. The number of ketones is 1. The largest absolute Gasteiger partial charge is 0.435 e. The fourth-order valence-corrected chi connectivity index (χ4v) is 5.23. The van der Waals surface area contributed by atoms with Gasteiger partial charge in [-0.1, -0.05) is 46.3 Å². The zero-order valence-electron chi connectivity index (χ0n) is 19.9. The van der Waals surface area contributed by atoms with E-state index in [4.69, 9.17) is 0 Å². The van der Waals surface area contributed by atoms with Crippen molar-refractivity contribution in [1.29, 1.82) is 0 Å². The van der Waals surface area contributed by atoms with Crippen molar-refractivity contribution in [2.75, 3.05) is 11.9 Å². The molecule has 1 aromatic heterocycles. The van der Waals surface area contributed by atoms with Crippen LogP contribution in [-0.4, -0.2) is 28.5 Å². The number of benzene rings is 2. The Morgan fingerprint density at radius 3 is 2.50 bits per heavy atom. The minimum absolute atomic E-state index is 0.0987. The average Bonchev–Trinajstić information content (AvgIpc) is 3.22. The van der Waals surface area contributed by atoms with Crippen LogP contribution in [0.25, 0.3) is 0 Å². The summed E-state index contributed by atoms with van der Waals surface area (Å²) in [4.78, 5) is 28.2. The van der Waals surface area contributed by atoms with E-state index in [1.54, 1.807) is 7.05 Å². The summed E-state index contributed by atoms with van der Waals surface area (Å²) in [7, 11) is 1.66. The zero-order chi connectivity index (χ0) is 25.9. The first-order chi connectivity index (χ1) is 17.1. The summed E-state index contributed by atoms with van der Waals surface area (Å²) in [5, 5.41) is 3.80. The van der Waals surface area contributed by atoms with Crippen LogP contribution in [0.4, 0.5) is 18.9 Å². The molecule has 3 aromatic rings. The lowest BCUT2D eigenvalue weighted by atomic mass is 9.92. The van der Waals surface area contributed by atoms with Crippen molar-refractivity contribution < 1.29 is 22.8 Å². The fourth-order valence-electron chi connectivity index (χ4n) is 4.78. The summed E-state index contributed by atoms with van der Waals surface area (Å²) in [5.41, 5.74) is 1.37. The standard InChI is InChI=1S/C27H27BrF3N3O2/c1-33(21-10-3-2-4-11-21)26(36)19(14-18-8-7-9-20(28)15-18)16-22(35)17-34-24-13-6-5-12-23(24)25(32-34)27(29,30)31/h2-4,7-11,15,19H,5-6,12-14,16-17H2,1H3/t19-/m1/s1. The molecule has 0 N–H and O–H groups in total. The highest BCUT2D eigenvalue weighted by atomic mass is 79.9. The van der Waals surface area contributed by atoms with Crippen molar-refractivity contribution in [3.8, 4) is 0 Å². The molecule has 9 heteroatoms. The van der Waals surface area contributed by atoms with Crippen LogP contribution >= 0.6 is 15.9 Å². The Morgan fingerprint density at radius 2 is 1.81 bits per heavy atom. The molecule has 1 aliphatic carbocycles. The van der Waals surface area contributed by atoms with Crippen molar-refractivity contribution in [3.63, 3.8) is 0 Å². The predicted molar refractivity (Wildman–Crippen MR) is 135 cm³/mol. The molecule has 0 aliphatic heterocycles. The molecule has 0 saturated heterocycles. The minimum atomic E-state index is -4.56. The molecular weight excluding hydrogens is 535 g/mol. The number of nitrogens with zero attached hydrogens (tertiary/aromatic N) is 3. The lowest BCUT2D eigenvalue weighted by Crippen LogP contribution is -2.35. The van der Waals surface area contributed by atoms with Crippen LogP contribution in [0.1, 0.15) is 41.8 Å². The first-order valence-electron chi connectivity index (χ1n) is 11.9. The van der Waals surface area contributed by atoms with Crippen LogP contribution in [-0.2, 0) is 41.6 Å². The van der Waals surface area contributed by atoms with Crippen molar-refractivity contribution in [3.05, 3.63) is 81.6 Å². The van der Waals surface area contributed by atoms with E-state index in [0.717, 1.165) is 16.5 Å². The van der Waals surface area contributed by atoms with Gasteiger partial charge >= 0.3 is 6.18 Å². The van der Waals surface area contributed by atoms with E-state index in [1.807, 2.05) is 54.6 Å². The van der Waals surface area contributed by atoms with Crippen molar-refractivity contribution >= 4 is 33.3 Å². The van der Waals surface area contributed by atoms with E-state index in [9.17, 15) is 22.8 Å². The number of halogens is 4. The summed E-state index contributed by atoms with van der Waals surface area (Å²) in [6, 6.07) is 16.6. The Bertz CT molecular complexity index is 1240. The van der Waals surface area contributed by atoms with Gasteiger partial charge in [-0.15, -0.1) is 0 Å². The molecule has 36 heavy (non-hydrogen) atoms. The maximum Gasteiger partial charge on any atom is 0.435 e. The normalized spacial score (nSPS) is 14.2. The SMILES string of the molecule is CN(C(=O)[C@@H](CC(=O)Cn1nc(C(F)(F)F)c2c1CCCC2)Cc1cccc(Br)c1)c1ccccc1. The molecule has 0 saturated carbocycles. The molecule has 0 bridgehead atoms. The summed E-state index contributed by atoms with van der Waals surface area (Å²) in [6.07, 6.45) is -2.13. The second-order valence-corrected chi connectivity index (χ2v) is 10.1. The van der Waals surface area contributed by atoms with Gasteiger partial charge in [-0.2, -0.15) is 18.3 Å². The predicted octanol–water partition coefficient (Wildman–Crippen LogP) is 6.02. The highest BCUT2D eigenvalue weighted by molar-refractivity contribution is 9.10. The Hall–Kier alpha value is -2.94. The van der Waals surface area contributed by atoms with Gasteiger partial charge in [0.05, 0.1) is 6.54 Å². The van der Waals surface area contributed by atoms with Crippen molar-refractivity contribution in [1.82, 2.24) is 9.78 Å². The third-order valence-electron chi connectivity index (χ3n) is 6.52. The van der Waals surface area contributed by atoms with E-state index in [-0.39, 0.29) is 30.2 Å². The van der Waals surface area contributed by atoms with Crippen LogP contribution < -0.4 is 4.90 Å². The highest BCUT2D eigenvalue weighted by Crippen LogP contribution is 2.36. The molecule has 2 aromatic carbocycles. The number of hydrogen-bond acceptors (Lipinski definition) is 3. The third-order valence-corrected chi connectivity index (χ3v) is 7.01. The molecule has 190 valence electrons. The Balaban J connectivity index is 1.57.